The fourth-order valence-electron chi connectivity index (χ4n) is 2.49. The average molecular weight is 288 g/mol. The predicted molar refractivity (Wildman–Crippen MR) is 83.6 cm³/mol. The third-order valence-electron chi connectivity index (χ3n) is 3.98. The van der Waals surface area contributed by atoms with Gasteiger partial charge in [-0.2, -0.15) is 0 Å². The third-order valence-corrected chi connectivity index (χ3v) is 5.46. The van der Waals surface area contributed by atoms with Gasteiger partial charge in [-0.25, -0.2) is 4.98 Å². The Morgan fingerprint density at radius 3 is 2.85 bits per heavy atom. The van der Waals surface area contributed by atoms with E-state index < -0.39 is 0 Å². The van der Waals surface area contributed by atoms with E-state index in [1.807, 2.05) is 17.4 Å². The summed E-state index contributed by atoms with van der Waals surface area (Å²) >= 11 is 1.82. The van der Waals surface area contributed by atoms with Crippen molar-refractivity contribution in [2.24, 2.45) is 5.73 Å². The van der Waals surface area contributed by atoms with Crippen LogP contribution in [0.5, 0.6) is 5.75 Å². The lowest BCUT2D eigenvalue weighted by atomic mass is 9.92. The smallest absolute Gasteiger partial charge is 0.119 e. The van der Waals surface area contributed by atoms with E-state index in [4.69, 9.17) is 15.5 Å². The van der Waals surface area contributed by atoms with Crippen LogP contribution in [0.1, 0.15) is 29.3 Å². The molecule has 1 aromatic heterocycles. The predicted octanol–water partition coefficient (Wildman–Crippen LogP) is 3.15. The summed E-state index contributed by atoms with van der Waals surface area (Å²) in [7, 11) is 1.71. The monoisotopic (exact) mass is 288 g/mol. The Balaban J connectivity index is 2.08. The molecule has 1 aromatic carbocycles. The summed E-state index contributed by atoms with van der Waals surface area (Å²) in [5.41, 5.74) is 9.57. The van der Waals surface area contributed by atoms with E-state index >= 15 is 0 Å². The van der Waals surface area contributed by atoms with E-state index in [0.717, 1.165) is 29.3 Å². The summed E-state index contributed by atoms with van der Waals surface area (Å²) in [6, 6.07) is 6.28. The molecule has 1 aliphatic rings. The minimum Gasteiger partial charge on any atom is -0.497 e. The van der Waals surface area contributed by atoms with Crippen molar-refractivity contribution in [1.82, 2.24) is 4.98 Å². The molecule has 1 heterocycles. The zero-order valence-electron chi connectivity index (χ0n) is 12.2. The Morgan fingerprint density at radius 2 is 2.15 bits per heavy atom. The molecule has 3 nitrogen and oxygen atoms in total. The number of rotatable bonds is 3. The summed E-state index contributed by atoms with van der Waals surface area (Å²) < 4.78 is 5.31. The summed E-state index contributed by atoms with van der Waals surface area (Å²) in [6.45, 7) is 4.94. The minimum atomic E-state index is -0.0470. The van der Waals surface area contributed by atoms with E-state index in [9.17, 15) is 0 Å². The molecule has 0 fully saturated rings. The largest absolute Gasteiger partial charge is 0.497 e. The van der Waals surface area contributed by atoms with Crippen LogP contribution in [0, 0.1) is 0 Å². The average Bonchev–Trinajstić information content (AvgIpc) is 2.91. The molecule has 0 aliphatic heterocycles. The molecular formula is C16H20N2OS. The Bertz CT molecular complexity index is 646. The Hall–Kier alpha value is -1.39. The van der Waals surface area contributed by atoms with Crippen LogP contribution in [0.4, 0.5) is 0 Å². The molecule has 0 atom stereocenters. The summed E-state index contributed by atoms with van der Waals surface area (Å²) in [5, 5.41) is 1.15. The second-order valence-electron chi connectivity index (χ2n) is 5.90. The standard InChI is InChI=1S/C16H20N2OS/c1-16(2,9-17)15-18-14-12-6-5-11(19-3)8-10(12)4-7-13(14)20-15/h5-6,8H,4,7,9,17H2,1-3H3. The van der Waals surface area contributed by atoms with Crippen molar-refractivity contribution in [3.8, 4) is 17.0 Å². The van der Waals surface area contributed by atoms with Gasteiger partial charge in [0.1, 0.15) is 10.8 Å². The van der Waals surface area contributed by atoms with E-state index in [1.54, 1.807) is 7.11 Å². The molecule has 3 rings (SSSR count). The van der Waals surface area contributed by atoms with Gasteiger partial charge in [0.25, 0.3) is 0 Å². The van der Waals surface area contributed by atoms with Crippen molar-refractivity contribution in [3.05, 3.63) is 33.6 Å². The molecule has 0 unspecified atom stereocenters. The van der Waals surface area contributed by atoms with E-state index in [-0.39, 0.29) is 5.41 Å². The third kappa shape index (κ3) is 2.13. The van der Waals surface area contributed by atoms with Crippen LogP contribution in [-0.4, -0.2) is 18.6 Å². The number of nitrogens with two attached hydrogens (primary N) is 1. The van der Waals surface area contributed by atoms with Crippen molar-refractivity contribution in [1.29, 1.82) is 0 Å². The number of benzene rings is 1. The number of aryl methyl sites for hydroxylation is 2. The highest BCUT2D eigenvalue weighted by atomic mass is 32.1. The van der Waals surface area contributed by atoms with Gasteiger partial charge in [-0.15, -0.1) is 11.3 Å². The van der Waals surface area contributed by atoms with Crippen LogP contribution in [0.25, 0.3) is 11.3 Å². The quantitative estimate of drug-likeness (QED) is 0.944. The topological polar surface area (TPSA) is 48.1 Å². The lowest BCUT2D eigenvalue weighted by Gasteiger charge is -2.18. The zero-order chi connectivity index (χ0) is 14.3. The Morgan fingerprint density at radius 1 is 1.35 bits per heavy atom. The van der Waals surface area contributed by atoms with Gasteiger partial charge in [0, 0.05) is 22.4 Å². The highest BCUT2D eigenvalue weighted by molar-refractivity contribution is 7.12. The molecule has 0 spiro atoms. The van der Waals surface area contributed by atoms with Gasteiger partial charge >= 0.3 is 0 Å². The molecule has 2 N–H and O–H groups in total. The molecule has 20 heavy (non-hydrogen) atoms. The highest BCUT2D eigenvalue weighted by Crippen LogP contribution is 2.40. The van der Waals surface area contributed by atoms with Gasteiger partial charge in [-0.05, 0) is 36.6 Å². The molecule has 0 amide bonds. The van der Waals surface area contributed by atoms with Crippen molar-refractivity contribution < 1.29 is 4.74 Å². The van der Waals surface area contributed by atoms with E-state index in [0.29, 0.717) is 6.54 Å². The van der Waals surface area contributed by atoms with Gasteiger partial charge in [0.15, 0.2) is 0 Å². The first-order valence-corrected chi connectivity index (χ1v) is 7.74. The summed E-state index contributed by atoms with van der Waals surface area (Å²) in [5.74, 6) is 0.921. The number of hydrogen-bond acceptors (Lipinski definition) is 4. The second-order valence-corrected chi connectivity index (χ2v) is 6.99. The maximum atomic E-state index is 5.88. The maximum absolute atomic E-state index is 5.88. The maximum Gasteiger partial charge on any atom is 0.119 e. The Labute approximate surface area is 123 Å². The molecule has 2 aromatic rings. The van der Waals surface area contributed by atoms with Crippen molar-refractivity contribution >= 4 is 11.3 Å². The molecule has 4 heteroatoms. The van der Waals surface area contributed by atoms with E-state index in [1.165, 1.54) is 16.0 Å². The molecule has 0 saturated heterocycles. The van der Waals surface area contributed by atoms with Crippen LogP contribution in [0.15, 0.2) is 18.2 Å². The first-order chi connectivity index (χ1) is 9.55. The van der Waals surface area contributed by atoms with Crippen molar-refractivity contribution in [2.45, 2.75) is 32.1 Å². The number of aromatic nitrogens is 1. The number of nitrogens with zero attached hydrogens (tertiary/aromatic N) is 1. The fourth-order valence-corrected chi connectivity index (χ4v) is 3.68. The van der Waals surface area contributed by atoms with Crippen LogP contribution in [0.2, 0.25) is 0 Å². The lowest BCUT2D eigenvalue weighted by Crippen LogP contribution is -2.27. The normalized spacial score (nSPS) is 13.8. The van der Waals surface area contributed by atoms with E-state index in [2.05, 4.69) is 26.0 Å². The van der Waals surface area contributed by atoms with Crippen LogP contribution in [-0.2, 0) is 18.3 Å². The minimum absolute atomic E-state index is 0.0470. The highest BCUT2D eigenvalue weighted by Gasteiger charge is 2.28. The number of hydrogen-bond donors (Lipinski definition) is 1. The van der Waals surface area contributed by atoms with Gasteiger partial charge in [0.2, 0.25) is 0 Å². The van der Waals surface area contributed by atoms with Gasteiger partial charge in [-0.3, -0.25) is 0 Å². The summed E-state index contributed by atoms with van der Waals surface area (Å²) in [4.78, 5) is 6.28. The SMILES string of the molecule is COc1ccc2c(c1)CCc1sc(C(C)(C)CN)nc1-2. The molecule has 1 aliphatic carbocycles. The number of methoxy groups -OCH3 is 1. The molecule has 106 valence electrons. The zero-order valence-corrected chi connectivity index (χ0v) is 13.0. The van der Waals surface area contributed by atoms with Crippen molar-refractivity contribution in [3.63, 3.8) is 0 Å². The van der Waals surface area contributed by atoms with Crippen LogP contribution in [0.3, 0.4) is 0 Å². The molecule has 0 saturated carbocycles. The van der Waals surface area contributed by atoms with Gasteiger partial charge in [0.05, 0.1) is 12.8 Å². The fraction of sp³-hybridized carbons (Fsp3) is 0.438. The van der Waals surface area contributed by atoms with Crippen LogP contribution < -0.4 is 10.5 Å². The first kappa shape index (κ1) is 13.6. The number of ether oxygens (including phenoxy) is 1. The van der Waals surface area contributed by atoms with Gasteiger partial charge in [-0.1, -0.05) is 13.8 Å². The van der Waals surface area contributed by atoms with Crippen molar-refractivity contribution in [2.75, 3.05) is 13.7 Å². The lowest BCUT2D eigenvalue weighted by molar-refractivity contribution is 0.414. The van der Waals surface area contributed by atoms with Crippen LogP contribution >= 0.6 is 11.3 Å². The molecule has 0 radical (unpaired) electrons. The molecule has 0 bridgehead atoms. The number of fused-ring (bicyclic) bond motifs is 3. The van der Waals surface area contributed by atoms with Gasteiger partial charge < -0.3 is 10.5 Å². The Kier molecular flexibility index (Phi) is 3.30. The molecular weight excluding hydrogens is 268 g/mol. The summed E-state index contributed by atoms with van der Waals surface area (Å²) in [6.07, 6.45) is 2.12. The first-order valence-electron chi connectivity index (χ1n) is 6.92. The second kappa shape index (κ2) is 4.86. The number of thiazole rings is 1.